The fourth-order valence-corrected chi connectivity index (χ4v) is 4.09. The van der Waals surface area contributed by atoms with Crippen molar-refractivity contribution in [3.63, 3.8) is 0 Å². The number of benzene rings is 1. The molecule has 25 heavy (non-hydrogen) atoms. The lowest BCUT2D eigenvalue weighted by Gasteiger charge is -2.17. The van der Waals surface area contributed by atoms with Gasteiger partial charge in [0.25, 0.3) is 0 Å². The van der Waals surface area contributed by atoms with Crippen molar-refractivity contribution in [2.24, 2.45) is 0 Å². The van der Waals surface area contributed by atoms with Gasteiger partial charge in [-0.3, -0.25) is 4.79 Å². The van der Waals surface area contributed by atoms with Crippen molar-refractivity contribution < 1.29 is 23.1 Å². The summed E-state index contributed by atoms with van der Waals surface area (Å²) in [5, 5.41) is 10.4. The standard InChI is InChI=1S/C16H15ClN2O5S/c1-9(15-12(16(21)22)4-3-5-13(15)17)25(23,24)14-7-6-11(8-18-14)19-10(2)20/h3-9H,1-2H3,(H,19,20)(H,21,22). The molecular weight excluding hydrogens is 368 g/mol. The summed E-state index contributed by atoms with van der Waals surface area (Å²) in [6, 6.07) is 6.81. The molecule has 0 aliphatic heterocycles. The van der Waals surface area contributed by atoms with Gasteiger partial charge in [-0.25, -0.2) is 18.2 Å². The number of hydrogen-bond acceptors (Lipinski definition) is 5. The molecule has 1 atom stereocenters. The molecule has 1 aromatic carbocycles. The van der Waals surface area contributed by atoms with Crippen LogP contribution < -0.4 is 5.32 Å². The summed E-state index contributed by atoms with van der Waals surface area (Å²) in [7, 11) is -3.99. The maximum Gasteiger partial charge on any atom is 0.336 e. The number of rotatable bonds is 5. The van der Waals surface area contributed by atoms with Crippen LogP contribution in [0.5, 0.6) is 0 Å². The fraction of sp³-hybridized carbons (Fsp3) is 0.188. The zero-order chi connectivity index (χ0) is 18.8. The Bertz CT molecular complexity index is 926. The van der Waals surface area contributed by atoms with Gasteiger partial charge in [0.15, 0.2) is 5.03 Å². The van der Waals surface area contributed by atoms with Crippen LogP contribution in [0.3, 0.4) is 0 Å². The molecule has 0 aliphatic carbocycles. The second-order valence-corrected chi connectivity index (χ2v) is 7.88. The molecular formula is C16H15ClN2O5S. The lowest BCUT2D eigenvalue weighted by Crippen LogP contribution is -2.16. The SMILES string of the molecule is CC(=O)Nc1ccc(S(=O)(=O)C(C)c2c(Cl)cccc2C(=O)O)nc1. The zero-order valence-electron chi connectivity index (χ0n) is 13.4. The Morgan fingerprint density at radius 3 is 2.44 bits per heavy atom. The molecule has 9 heteroatoms. The highest BCUT2D eigenvalue weighted by Crippen LogP contribution is 2.34. The minimum absolute atomic E-state index is 0.00408. The predicted octanol–water partition coefficient (Wildman–Crippen LogP) is 2.93. The lowest BCUT2D eigenvalue weighted by atomic mass is 10.1. The largest absolute Gasteiger partial charge is 0.478 e. The maximum absolute atomic E-state index is 12.8. The van der Waals surface area contributed by atoms with Gasteiger partial charge in [-0.05, 0) is 31.2 Å². The van der Waals surface area contributed by atoms with E-state index in [1.165, 1.54) is 50.4 Å². The molecule has 0 saturated heterocycles. The lowest BCUT2D eigenvalue weighted by molar-refractivity contribution is -0.114. The molecule has 1 heterocycles. The quantitative estimate of drug-likeness (QED) is 0.821. The first-order valence-corrected chi connectivity index (χ1v) is 9.06. The van der Waals surface area contributed by atoms with Crippen LogP contribution in [0, 0.1) is 0 Å². The maximum atomic E-state index is 12.8. The highest BCUT2D eigenvalue weighted by atomic mass is 35.5. The number of nitrogens with one attached hydrogen (secondary N) is 1. The summed E-state index contributed by atoms with van der Waals surface area (Å²) in [4.78, 5) is 26.2. The van der Waals surface area contributed by atoms with Gasteiger partial charge < -0.3 is 10.4 Å². The summed E-state index contributed by atoms with van der Waals surface area (Å²) >= 11 is 6.05. The van der Waals surface area contributed by atoms with Gasteiger partial charge in [-0.2, -0.15) is 0 Å². The van der Waals surface area contributed by atoms with Crippen molar-refractivity contribution in [1.29, 1.82) is 0 Å². The van der Waals surface area contributed by atoms with Crippen LogP contribution >= 0.6 is 11.6 Å². The van der Waals surface area contributed by atoms with Crippen molar-refractivity contribution >= 4 is 39.0 Å². The van der Waals surface area contributed by atoms with E-state index in [0.717, 1.165) is 0 Å². The Kier molecular flexibility index (Phi) is 5.44. The van der Waals surface area contributed by atoms with Crippen LogP contribution in [0.1, 0.15) is 35.0 Å². The molecule has 2 N–H and O–H groups in total. The average molecular weight is 383 g/mol. The number of halogens is 1. The smallest absolute Gasteiger partial charge is 0.336 e. The van der Waals surface area contributed by atoms with Gasteiger partial charge in [0.05, 0.1) is 22.7 Å². The average Bonchev–Trinajstić information content (AvgIpc) is 2.53. The topological polar surface area (TPSA) is 113 Å². The van der Waals surface area contributed by atoms with Gasteiger partial charge in [-0.1, -0.05) is 17.7 Å². The third-order valence-electron chi connectivity index (χ3n) is 3.50. The molecule has 132 valence electrons. The summed E-state index contributed by atoms with van der Waals surface area (Å²) in [6.45, 7) is 2.67. The van der Waals surface area contributed by atoms with Crippen molar-refractivity contribution in [2.75, 3.05) is 5.32 Å². The minimum Gasteiger partial charge on any atom is -0.478 e. The fourth-order valence-electron chi connectivity index (χ4n) is 2.30. The molecule has 2 aromatic rings. The van der Waals surface area contributed by atoms with Gasteiger partial charge in [0.2, 0.25) is 15.7 Å². The molecule has 0 radical (unpaired) electrons. The van der Waals surface area contributed by atoms with Gasteiger partial charge in [0.1, 0.15) is 0 Å². The van der Waals surface area contributed by atoms with Crippen LogP contribution in [-0.4, -0.2) is 30.4 Å². The number of sulfone groups is 1. The number of hydrogen-bond donors (Lipinski definition) is 2. The summed E-state index contributed by atoms with van der Waals surface area (Å²) in [5.74, 6) is -1.58. The van der Waals surface area contributed by atoms with E-state index in [1.807, 2.05) is 0 Å². The van der Waals surface area contributed by atoms with Crippen LogP contribution in [0.25, 0.3) is 0 Å². The number of carbonyl (C=O) groups excluding carboxylic acids is 1. The van der Waals surface area contributed by atoms with Gasteiger partial charge >= 0.3 is 5.97 Å². The minimum atomic E-state index is -3.99. The molecule has 0 aliphatic rings. The van der Waals surface area contributed by atoms with Gasteiger partial charge in [-0.15, -0.1) is 0 Å². The predicted molar refractivity (Wildman–Crippen MR) is 92.6 cm³/mol. The van der Waals surface area contributed by atoms with Crippen LogP contribution in [0.15, 0.2) is 41.6 Å². The van der Waals surface area contributed by atoms with Gasteiger partial charge in [0, 0.05) is 17.5 Å². The molecule has 0 spiro atoms. The molecule has 0 saturated carbocycles. The second-order valence-electron chi connectivity index (χ2n) is 5.26. The number of nitrogens with zero attached hydrogens (tertiary/aromatic N) is 1. The van der Waals surface area contributed by atoms with E-state index in [0.29, 0.717) is 5.69 Å². The Hall–Kier alpha value is -2.45. The number of carboxylic acid groups (broad SMARTS) is 1. The number of aromatic nitrogens is 1. The Balaban J connectivity index is 2.47. The zero-order valence-corrected chi connectivity index (χ0v) is 14.9. The number of carboxylic acids is 1. The van der Waals surface area contributed by atoms with E-state index in [1.54, 1.807) is 0 Å². The first-order valence-electron chi connectivity index (χ1n) is 7.14. The summed E-state index contributed by atoms with van der Waals surface area (Å²) in [5.41, 5.74) is 0.172. The van der Waals surface area contributed by atoms with E-state index in [2.05, 4.69) is 10.3 Å². The second kappa shape index (κ2) is 7.20. The van der Waals surface area contributed by atoms with Crippen molar-refractivity contribution in [2.45, 2.75) is 24.1 Å². The third kappa shape index (κ3) is 3.97. The van der Waals surface area contributed by atoms with E-state index in [4.69, 9.17) is 11.6 Å². The number of amides is 1. The van der Waals surface area contributed by atoms with Crippen LogP contribution in [-0.2, 0) is 14.6 Å². The molecule has 1 unspecified atom stereocenters. The molecule has 7 nitrogen and oxygen atoms in total. The van der Waals surface area contributed by atoms with Crippen LogP contribution in [0.2, 0.25) is 5.02 Å². The number of carbonyl (C=O) groups is 2. The number of pyridine rings is 1. The number of aromatic carboxylic acids is 1. The normalized spacial score (nSPS) is 12.4. The summed E-state index contributed by atoms with van der Waals surface area (Å²) in [6.07, 6.45) is 1.21. The highest BCUT2D eigenvalue weighted by Gasteiger charge is 2.31. The van der Waals surface area contributed by atoms with E-state index < -0.39 is 21.1 Å². The Morgan fingerprint density at radius 2 is 1.92 bits per heavy atom. The molecule has 0 fully saturated rings. The Morgan fingerprint density at radius 1 is 1.24 bits per heavy atom. The monoisotopic (exact) mass is 382 g/mol. The first-order chi connectivity index (χ1) is 11.6. The van der Waals surface area contributed by atoms with Crippen molar-refractivity contribution in [3.05, 3.63) is 52.7 Å². The van der Waals surface area contributed by atoms with E-state index in [-0.39, 0.29) is 27.1 Å². The molecule has 1 amide bonds. The molecule has 0 bridgehead atoms. The number of anilines is 1. The third-order valence-corrected chi connectivity index (χ3v) is 5.82. The van der Waals surface area contributed by atoms with Crippen molar-refractivity contribution in [3.8, 4) is 0 Å². The molecule has 1 aromatic heterocycles. The van der Waals surface area contributed by atoms with E-state index in [9.17, 15) is 23.1 Å². The van der Waals surface area contributed by atoms with Crippen LogP contribution in [0.4, 0.5) is 5.69 Å². The van der Waals surface area contributed by atoms with E-state index >= 15 is 0 Å². The first kappa shape index (κ1) is 18.9. The Labute approximate surface area is 149 Å². The molecule has 2 rings (SSSR count). The highest BCUT2D eigenvalue weighted by molar-refractivity contribution is 7.91. The summed E-state index contributed by atoms with van der Waals surface area (Å²) < 4.78 is 25.6. The van der Waals surface area contributed by atoms with Crippen molar-refractivity contribution in [1.82, 2.24) is 4.98 Å².